The summed E-state index contributed by atoms with van der Waals surface area (Å²) in [5.41, 5.74) is 1.57. The molecule has 0 radical (unpaired) electrons. The minimum Gasteiger partial charge on any atom is -0.351 e. The number of anilines is 1. The number of halogens is 2. The van der Waals surface area contributed by atoms with E-state index < -0.39 is 0 Å². The summed E-state index contributed by atoms with van der Waals surface area (Å²) in [5.74, 6) is 0.933. The molecule has 146 valence electrons. The van der Waals surface area contributed by atoms with E-state index >= 15 is 0 Å². The van der Waals surface area contributed by atoms with Crippen molar-refractivity contribution >= 4 is 40.6 Å². The Morgan fingerprint density at radius 2 is 1.86 bits per heavy atom. The molecule has 3 aromatic rings. The van der Waals surface area contributed by atoms with Crippen molar-refractivity contribution in [2.45, 2.75) is 32.4 Å². The van der Waals surface area contributed by atoms with Crippen molar-refractivity contribution in [2.75, 3.05) is 18.0 Å². The van der Waals surface area contributed by atoms with E-state index in [0.29, 0.717) is 35.2 Å². The van der Waals surface area contributed by atoms with Gasteiger partial charge in [0.25, 0.3) is 0 Å². The Bertz CT molecular complexity index is 1010. The number of carbonyl (C=O) groups excluding carboxylic acids is 1. The average molecular weight is 419 g/mol. The lowest BCUT2D eigenvalue weighted by Crippen LogP contribution is -2.59. The van der Waals surface area contributed by atoms with E-state index in [-0.39, 0.29) is 18.0 Å². The summed E-state index contributed by atoms with van der Waals surface area (Å²) in [6.45, 7) is 5.54. The quantitative estimate of drug-likeness (QED) is 0.653. The molecule has 1 amide bonds. The van der Waals surface area contributed by atoms with Crippen LogP contribution in [0, 0.1) is 0 Å². The van der Waals surface area contributed by atoms with E-state index in [0.717, 1.165) is 11.4 Å². The Labute approximate surface area is 172 Å². The normalized spacial score (nSPS) is 20.0. The molecule has 0 saturated carbocycles. The Hall–Kier alpha value is -2.38. The van der Waals surface area contributed by atoms with Crippen LogP contribution in [0.25, 0.3) is 5.65 Å². The molecule has 3 heterocycles. The number of hydrogen-bond donors (Lipinski definition) is 0. The molecular formula is C19H20Cl2N6O. The summed E-state index contributed by atoms with van der Waals surface area (Å²) < 4.78 is 1.66. The second-order valence-corrected chi connectivity index (χ2v) is 7.97. The van der Waals surface area contributed by atoms with Gasteiger partial charge < -0.3 is 9.80 Å². The van der Waals surface area contributed by atoms with Crippen molar-refractivity contribution in [3.8, 4) is 0 Å². The Morgan fingerprint density at radius 1 is 1.11 bits per heavy atom. The van der Waals surface area contributed by atoms with Crippen LogP contribution < -0.4 is 4.90 Å². The van der Waals surface area contributed by atoms with E-state index in [1.54, 1.807) is 23.0 Å². The maximum atomic E-state index is 13.0. The lowest BCUT2D eigenvalue weighted by molar-refractivity contribution is -0.135. The SMILES string of the molecule is CC1CN(c2ccc3nncn3n2)CC(C)N1C(=O)Cc1ccc(Cl)c(Cl)c1. The summed E-state index contributed by atoms with van der Waals surface area (Å²) in [4.78, 5) is 17.1. The number of fused-ring (bicyclic) bond motifs is 1. The molecular weight excluding hydrogens is 399 g/mol. The minimum absolute atomic E-state index is 0.0532. The molecule has 2 aromatic heterocycles. The highest BCUT2D eigenvalue weighted by Crippen LogP contribution is 2.25. The van der Waals surface area contributed by atoms with Crippen LogP contribution in [0.15, 0.2) is 36.7 Å². The fourth-order valence-corrected chi connectivity index (χ4v) is 4.12. The van der Waals surface area contributed by atoms with Crippen LogP contribution in [0.2, 0.25) is 10.0 Å². The molecule has 2 atom stereocenters. The zero-order valence-corrected chi connectivity index (χ0v) is 17.1. The molecule has 0 aliphatic carbocycles. The van der Waals surface area contributed by atoms with E-state index in [9.17, 15) is 4.79 Å². The van der Waals surface area contributed by atoms with Gasteiger partial charge in [0, 0.05) is 25.2 Å². The van der Waals surface area contributed by atoms with Crippen molar-refractivity contribution in [1.82, 2.24) is 24.7 Å². The lowest BCUT2D eigenvalue weighted by atomic mass is 10.0. The average Bonchev–Trinajstić information content (AvgIpc) is 3.12. The van der Waals surface area contributed by atoms with Gasteiger partial charge in [0.15, 0.2) is 5.65 Å². The zero-order valence-electron chi connectivity index (χ0n) is 15.6. The van der Waals surface area contributed by atoms with Crippen LogP contribution in [0.4, 0.5) is 5.82 Å². The van der Waals surface area contributed by atoms with Gasteiger partial charge >= 0.3 is 0 Å². The molecule has 1 fully saturated rings. The summed E-state index contributed by atoms with van der Waals surface area (Å²) in [5, 5.41) is 13.4. The molecule has 1 aromatic carbocycles. The topological polar surface area (TPSA) is 66.6 Å². The lowest BCUT2D eigenvalue weighted by Gasteiger charge is -2.45. The molecule has 0 N–H and O–H groups in total. The van der Waals surface area contributed by atoms with Gasteiger partial charge in [-0.25, -0.2) is 0 Å². The Balaban J connectivity index is 1.48. The van der Waals surface area contributed by atoms with E-state index in [2.05, 4.69) is 34.0 Å². The van der Waals surface area contributed by atoms with E-state index in [1.165, 1.54) is 0 Å². The summed E-state index contributed by atoms with van der Waals surface area (Å²) >= 11 is 12.0. The molecule has 1 saturated heterocycles. The zero-order chi connectivity index (χ0) is 19.8. The van der Waals surface area contributed by atoms with Crippen LogP contribution in [-0.2, 0) is 11.2 Å². The third kappa shape index (κ3) is 3.64. The van der Waals surface area contributed by atoms with Gasteiger partial charge in [0.2, 0.25) is 5.91 Å². The molecule has 2 unspecified atom stereocenters. The van der Waals surface area contributed by atoms with Crippen LogP contribution in [-0.4, -0.2) is 55.8 Å². The monoisotopic (exact) mass is 418 g/mol. The first kappa shape index (κ1) is 19.0. The maximum absolute atomic E-state index is 13.0. The number of carbonyl (C=O) groups is 1. The van der Waals surface area contributed by atoms with Gasteiger partial charge in [-0.1, -0.05) is 29.3 Å². The van der Waals surface area contributed by atoms with Gasteiger partial charge in [0.05, 0.1) is 16.5 Å². The van der Waals surface area contributed by atoms with Crippen LogP contribution >= 0.6 is 23.2 Å². The molecule has 9 heteroatoms. The third-order valence-corrected chi connectivity index (χ3v) is 5.76. The van der Waals surface area contributed by atoms with Crippen LogP contribution in [0.1, 0.15) is 19.4 Å². The molecule has 4 rings (SSSR count). The van der Waals surface area contributed by atoms with Crippen molar-refractivity contribution in [1.29, 1.82) is 0 Å². The highest BCUT2D eigenvalue weighted by atomic mass is 35.5. The Morgan fingerprint density at radius 3 is 2.57 bits per heavy atom. The first-order chi connectivity index (χ1) is 13.4. The smallest absolute Gasteiger partial charge is 0.227 e. The predicted molar refractivity (Wildman–Crippen MR) is 109 cm³/mol. The molecule has 1 aliphatic rings. The van der Waals surface area contributed by atoms with Gasteiger partial charge in [-0.05, 0) is 43.7 Å². The highest BCUT2D eigenvalue weighted by Gasteiger charge is 2.33. The van der Waals surface area contributed by atoms with Gasteiger partial charge in [-0.2, -0.15) is 4.52 Å². The van der Waals surface area contributed by atoms with Crippen molar-refractivity contribution in [3.63, 3.8) is 0 Å². The number of amides is 1. The summed E-state index contributed by atoms with van der Waals surface area (Å²) in [6, 6.07) is 9.27. The van der Waals surface area contributed by atoms with Crippen LogP contribution in [0.5, 0.6) is 0 Å². The summed E-state index contributed by atoms with van der Waals surface area (Å²) in [7, 11) is 0. The molecule has 28 heavy (non-hydrogen) atoms. The Kier molecular flexibility index (Phi) is 5.12. The molecule has 7 nitrogen and oxygen atoms in total. The fraction of sp³-hybridized carbons (Fsp3) is 0.368. The standard InChI is InChI=1S/C19H20Cl2N6O/c1-12-9-25(18-6-5-17-23-22-11-26(17)24-18)10-13(2)27(12)19(28)8-14-3-4-15(20)16(21)7-14/h3-7,11-13H,8-10H2,1-2H3. The number of benzene rings is 1. The van der Waals surface area contributed by atoms with Gasteiger partial charge in [-0.3, -0.25) is 4.79 Å². The van der Waals surface area contributed by atoms with E-state index in [4.69, 9.17) is 23.2 Å². The van der Waals surface area contributed by atoms with Gasteiger partial charge in [-0.15, -0.1) is 15.3 Å². The van der Waals surface area contributed by atoms with Gasteiger partial charge in [0.1, 0.15) is 12.1 Å². The minimum atomic E-state index is 0.0532. The highest BCUT2D eigenvalue weighted by molar-refractivity contribution is 6.42. The second-order valence-electron chi connectivity index (χ2n) is 7.15. The van der Waals surface area contributed by atoms with Crippen LogP contribution in [0.3, 0.4) is 0 Å². The summed E-state index contributed by atoms with van der Waals surface area (Å²) in [6.07, 6.45) is 1.89. The second kappa shape index (κ2) is 7.56. The number of rotatable bonds is 3. The van der Waals surface area contributed by atoms with Crippen molar-refractivity contribution in [3.05, 3.63) is 52.3 Å². The number of hydrogen-bond acceptors (Lipinski definition) is 5. The first-order valence-electron chi connectivity index (χ1n) is 9.09. The number of piperazine rings is 1. The third-order valence-electron chi connectivity index (χ3n) is 5.02. The van der Waals surface area contributed by atoms with Crippen molar-refractivity contribution in [2.24, 2.45) is 0 Å². The fourth-order valence-electron chi connectivity index (χ4n) is 3.80. The molecule has 0 bridgehead atoms. The first-order valence-corrected chi connectivity index (χ1v) is 9.85. The van der Waals surface area contributed by atoms with Crippen molar-refractivity contribution < 1.29 is 4.79 Å². The number of nitrogens with zero attached hydrogens (tertiary/aromatic N) is 6. The predicted octanol–water partition coefficient (Wildman–Crippen LogP) is 3.10. The number of aromatic nitrogens is 4. The molecule has 0 spiro atoms. The molecule has 1 aliphatic heterocycles. The largest absolute Gasteiger partial charge is 0.351 e. The van der Waals surface area contributed by atoms with E-state index in [1.807, 2.05) is 23.1 Å². The maximum Gasteiger partial charge on any atom is 0.227 e.